The number of nitrogens with zero attached hydrogens (tertiary/aromatic N) is 4. The second-order valence-electron chi connectivity index (χ2n) is 10.9. The van der Waals surface area contributed by atoms with E-state index in [4.69, 9.17) is 9.26 Å². The lowest BCUT2D eigenvalue weighted by molar-refractivity contribution is -0.137. The maximum absolute atomic E-state index is 13.8. The molecule has 1 saturated carbocycles. The molecule has 0 amide bonds. The summed E-state index contributed by atoms with van der Waals surface area (Å²) >= 11 is 0. The molecule has 8 nitrogen and oxygen atoms in total. The van der Waals surface area contributed by atoms with E-state index in [0.29, 0.717) is 41.7 Å². The third-order valence-electron chi connectivity index (χ3n) is 8.10. The number of carboxylic acid groups (broad SMARTS) is 1. The van der Waals surface area contributed by atoms with Crippen molar-refractivity contribution in [2.75, 3.05) is 4.90 Å². The molecule has 2 aromatic heterocycles. The molecule has 39 heavy (non-hydrogen) atoms. The quantitative estimate of drug-likeness (QED) is 0.388. The third kappa shape index (κ3) is 4.88. The number of aromatic carboxylic acids is 1. The fourth-order valence-electron chi connectivity index (χ4n) is 6.17. The minimum absolute atomic E-state index is 0.00593. The Morgan fingerprint density at radius 3 is 2.64 bits per heavy atom. The summed E-state index contributed by atoms with van der Waals surface area (Å²) in [6.07, 6.45) is -0.565. The van der Waals surface area contributed by atoms with Crippen LogP contribution in [-0.2, 0) is 17.5 Å². The Balaban J connectivity index is 1.24. The Bertz CT molecular complexity index is 1400. The first kappa shape index (κ1) is 25.8. The van der Waals surface area contributed by atoms with E-state index < -0.39 is 17.7 Å². The Kier molecular flexibility index (Phi) is 6.36. The second kappa shape index (κ2) is 9.62. The number of carboxylic acids is 1. The van der Waals surface area contributed by atoms with Crippen molar-refractivity contribution in [3.05, 3.63) is 58.6 Å². The van der Waals surface area contributed by atoms with Gasteiger partial charge in [-0.2, -0.15) is 13.2 Å². The maximum Gasteiger partial charge on any atom is 0.417 e. The maximum atomic E-state index is 13.8. The van der Waals surface area contributed by atoms with E-state index in [0.717, 1.165) is 25.3 Å². The van der Waals surface area contributed by atoms with E-state index in [1.165, 1.54) is 18.2 Å². The number of aryl methyl sites for hydroxylation is 1. The van der Waals surface area contributed by atoms with E-state index in [2.05, 4.69) is 26.9 Å². The lowest BCUT2D eigenvalue weighted by Crippen LogP contribution is -2.47. The van der Waals surface area contributed by atoms with Gasteiger partial charge >= 0.3 is 12.1 Å². The van der Waals surface area contributed by atoms with Crippen LogP contribution < -0.4 is 4.90 Å². The van der Waals surface area contributed by atoms with Crippen LogP contribution in [0, 0.1) is 12.8 Å². The molecule has 2 aliphatic heterocycles. The summed E-state index contributed by atoms with van der Waals surface area (Å²) in [5.41, 5.74) is 0.580. The monoisotopic (exact) mass is 542 g/mol. The Morgan fingerprint density at radius 2 is 1.95 bits per heavy atom. The summed E-state index contributed by atoms with van der Waals surface area (Å²) in [5, 5.41) is 13.6. The highest BCUT2D eigenvalue weighted by Crippen LogP contribution is 2.47. The number of piperidine rings is 1. The molecule has 2 bridgehead atoms. The van der Waals surface area contributed by atoms with Crippen molar-refractivity contribution >= 4 is 11.9 Å². The highest BCUT2D eigenvalue weighted by molar-refractivity contribution is 5.85. The Hall–Kier alpha value is -3.47. The van der Waals surface area contributed by atoms with Crippen LogP contribution in [0.4, 0.5) is 19.1 Å². The molecule has 6 rings (SSSR count). The molecule has 3 fully saturated rings. The highest BCUT2D eigenvalue weighted by Gasteiger charge is 2.47. The van der Waals surface area contributed by atoms with Crippen LogP contribution in [0.2, 0.25) is 0 Å². The van der Waals surface area contributed by atoms with Gasteiger partial charge in [-0.05, 0) is 57.1 Å². The minimum atomic E-state index is -4.52. The zero-order chi connectivity index (χ0) is 27.5. The minimum Gasteiger partial charge on any atom is -0.477 e. The van der Waals surface area contributed by atoms with Gasteiger partial charge in [0.25, 0.3) is 0 Å². The number of alkyl halides is 3. The normalized spacial score (nSPS) is 24.8. The van der Waals surface area contributed by atoms with Crippen molar-refractivity contribution in [2.45, 2.75) is 82.8 Å². The number of benzene rings is 1. The number of hydrogen-bond donors (Lipinski definition) is 1. The van der Waals surface area contributed by atoms with Crippen LogP contribution in [0.25, 0.3) is 11.3 Å². The predicted molar refractivity (Wildman–Crippen MR) is 134 cm³/mol. The molecule has 1 aliphatic carbocycles. The summed E-state index contributed by atoms with van der Waals surface area (Å²) in [5.74, 6) is 0.426. The first-order valence-electron chi connectivity index (χ1n) is 13.2. The SMILES string of the molecule is Cc1cc(C(=O)O)nc(N2C3CC(OCc4c(-c5ccccc5C(F)(F)F)noc4C4CC4)CC2[C@H](C)C3)n1. The van der Waals surface area contributed by atoms with Crippen molar-refractivity contribution in [1.29, 1.82) is 0 Å². The highest BCUT2D eigenvalue weighted by atomic mass is 19.4. The van der Waals surface area contributed by atoms with Crippen molar-refractivity contribution in [3.63, 3.8) is 0 Å². The largest absolute Gasteiger partial charge is 0.477 e. The lowest BCUT2D eigenvalue weighted by atomic mass is 9.97. The Morgan fingerprint density at radius 1 is 1.18 bits per heavy atom. The van der Waals surface area contributed by atoms with Crippen LogP contribution in [0.15, 0.2) is 34.9 Å². The first-order chi connectivity index (χ1) is 18.6. The topological polar surface area (TPSA) is 102 Å². The van der Waals surface area contributed by atoms with Crippen LogP contribution >= 0.6 is 0 Å². The van der Waals surface area contributed by atoms with E-state index in [1.807, 2.05) is 0 Å². The predicted octanol–water partition coefficient (Wildman–Crippen LogP) is 6.00. The fourth-order valence-corrected chi connectivity index (χ4v) is 6.17. The van der Waals surface area contributed by atoms with E-state index in [1.54, 1.807) is 13.0 Å². The number of ether oxygens (including phenoxy) is 1. The third-order valence-corrected chi connectivity index (χ3v) is 8.10. The molecule has 0 spiro atoms. The van der Waals surface area contributed by atoms with E-state index >= 15 is 0 Å². The number of fused-ring (bicyclic) bond motifs is 2. The molecule has 4 heterocycles. The number of halogens is 3. The fraction of sp³-hybridized carbons (Fsp3) is 0.500. The van der Waals surface area contributed by atoms with Gasteiger partial charge in [0.05, 0.1) is 18.3 Å². The number of rotatable bonds is 7. The van der Waals surface area contributed by atoms with Gasteiger partial charge in [-0.15, -0.1) is 0 Å². The van der Waals surface area contributed by atoms with Gasteiger partial charge in [-0.1, -0.05) is 30.3 Å². The van der Waals surface area contributed by atoms with Crippen molar-refractivity contribution < 1.29 is 32.3 Å². The van der Waals surface area contributed by atoms with Crippen LogP contribution in [0.1, 0.15) is 78.0 Å². The summed E-state index contributed by atoms with van der Waals surface area (Å²) in [4.78, 5) is 22.5. The van der Waals surface area contributed by atoms with Gasteiger partial charge in [0.15, 0.2) is 5.69 Å². The molecule has 206 valence electrons. The van der Waals surface area contributed by atoms with Gasteiger partial charge in [-0.3, -0.25) is 0 Å². The molecule has 3 aromatic rings. The van der Waals surface area contributed by atoms with Crippen molar-refractivity contribution in [3.8, 4) is 11.3 Å². The average molecular weight is 543 g/mol. The number of carbonyl (C=O) groups is 1. The molecule has 4 atom stereocenters. The van der Waals surface area contributed by atoms with E-state index in [-0.39, 0.29) is 47.7 Å². The van der Waals surface area contributed by atoms with Crippen LogP contribution in [0.5, 0.6) is 0 Å². The lowest BCUT2D eigenvalue weighted by Gasteiger charge is -2.39. The van der Waals surface area contributed by atoms with E-state index in [9.17, 15) is 23.1 Å². The molecule has 3 unspecified atom stereocenters. The van der Waals surface area contributed by atoms with Gasteiger partial charge in [0.2, 0.25) is 5.95 Å². The van der Waals surface area contributed by atoms with Crippen molar-refractivity contribution in [2.24, 2.45) is 5.92 Å². The van der Waals surface area contributed by atoms with Crippen LogP contribution in [0.3, 0.4) is 0 Å². The molecule has 11 heteroatoms. The summed E-state index contributed by atoms with van der Waals surface area (Å²) in [7, 11) is 0. The standard InChI is InChI=1S/C28H29F3N4O4/c1-14-9-17-11-18(12-23(14)35(17)27-32-15(2)10-22(33-27)26(36)37)38-13-20-24(34-39-25(20)16-7-8-16)19-5-3-4-6-21(19)28(29,30)31/h3-6,10,14,16-18,23H,7-9,11-13H2,1-2H3,(H,36,37)/t14-,17?,18?,23?/m1/s1. The average Bonchev–Trinajstić information content (AvgIpc) is 3.60. The van der Waals surface area contributed by atoms with Gasteiger partial charge in [0.1, 0.15) is 11.5 Å². The number of aromatic nitrogens is 3. The zero-order valence-electron chi connectivity index (χ0n) is 21.6. The van der Waals surface area contributed by atoms with Crippen molar-refractivity contribution in [1.82, 2.24) is 15.1 Å². The summed E-state index contributed by atoms with van der Waals surface area (Å²) in [6, 6.07) is 7.01. The summed E-state index contributed by atoms with van der Waals surface area (Å²) in [6.45, 7) is 4.02. The molecule has 1 aromatic carbocycles. The molecular weight excluding hydrogens is 513 g/mol. The number of hydrogen-bond acceptors (Lipinski definition) is 7. The molecule has 3 aliphatic rings. The summed E-state index contributed by atoms with van der Waals surface area (Å²) < 4.78 is 53.3. The van der Waals surface area contributed by atoms with Gasteiger partial charge in [-0.25, -0.2) is 14.8 Å². The molecule has 0 radical (unpaired) electrons. The Labute approximate surface area is 223 Å². The second-order valence-corrected chi connectivity index (χ2v) is 10.9. The first-order valence-corrected chi connectivity index (χ1v) is 13.2. The van der Waals surface area contributed by atoms with Gasteiger partial charge in [0, 0.05) is 34.8 Å². The van der Waals surface area contributed by atoms with Gasteiger partial charge < -0.3 is 19.3 Å². The smallest absolute Gasteiger partial charge is 0.417 e. The molecular formula is C28H29F3N4O4. The number of anilines is 1. The zero-order valence-corrected chi connectivity index (χ0v) is 21.6. The van der Waals surface area contributed by atoms with Crippen LogP contribution in [-0.4, -0.2) is 44.4 Å². The molecule has 2 saturated heterocycles. The molecule has 1 N–H and O–H groups in total.